The Morgan fingerprint density at radius 3 is 2.00 bits per heavy atom. The molecule has 0 aromatic carbocycles. The number of nitrogens with one attached hydrogen (secondary N) is 2. The molecule has 0 aromatic heterocycles. The lowest BCUT2D eigenvalue weighted by molar-refractivity contribution is -0.118. The van der Waals surface area contributed by atoms with Crippen LogP contribution in [0.4, 0.5) is 0 Å². The van der Waals surface area contributed by atoms with E-state index in [4.69, 9.17) is 5.11 Å². The van der Waals surface area contributed by atoms with Gasteiger partial charge in [0.1, 0.15) is 5.78 Å². The molecule has 3 N–H and O–H groups in total. The van der Waals surface area contributed by atoms with Crippen molar-refractivity contribution in [2.24, 2.45) is 0 Å². The third-order valence-electron chi connectivity index (χ3n) is 5.00. The average Bonchev–Trinajstić information content (AvgIpc) is 2.65. The molecule has 0 radical (unpaired) electrons. The van der Waals surface area contributed by atoms with Crippen LogP contribution in [0.25, 0.3) is 0 Å². The zero-order valence-corrected chi connectivity index (χ0v) is 17.7. The van der Waals surface area contributed by atoms with Gasteiger partial charge in [0.2, 0.25) is 0 Å². The second-order valence-electron chi connectivity index (χ2n) is 7.60. The number of rotatable bonds is 21. The zero-order valence-electron chi connectivity index (χ0n) is 17.7. The second-order valence-corrected chi connectivity index (χ2v) is 7.60. The number of Topliss-reactive ketones (excluding diaryl/α,β-unsaturated/α-hetero) is 1. The Morgan fingerprint density at radius 2 is 1.42 bits per heavy atom. The molecule has 0 rings (SSSR count). The van der Waals surface area contributed by atoms with Gasteiger partial charge in [-0.15, -0.1) is 0 Å². The van der Waals surface area contributed by atoms with E-state index in [0.717, 1.165) is 25.8 Å². The number of aliphatic hydroxyl groups excluding tert-OH is 1. The van der Waals surface area contributed by atoms with Gasteiger partial charge in [-0.1, -0.05) is 71.6 Å². The van der Waals surface area contributed by atoms with Crippen LogP contribution in [0, 0.1) is 0 Å². The third-order valence-corrected chi connectivity index (χ3v) is 5.00. The molecule has 4 heteroatoms. The topological polar surface area (TPSA) is 61.4 Å². The van der Waals surface area contributed by atoms with E-state index in [2.05, 4.69) is 24.5 Å². The Balaban J connectivity index is 3.82. The van der Waals surface area contributed by atoms with Gasteiger partial charge in [-0.25, -0.2) is 0 Å². The van der Waals surface area contributed by atoms with Crippen LogP contribution in [0.15, 0.2) is 0 Å². The van der Waals surface area contributed by atoms with Gasteiger partial charge in [-0.05, 0) is 32.2 Å². The number of carbonyl (C=O) groups is 1. The van der Waals surface area contributed by atoms with Crippen LogP contribution in [0.3, 0.4) is 0 Å². The van der Waals surface area contributed by atoms with Crippen molar-refractivity contribution in [3.8, 4) is 0 Å². The molecule has 0 saturated carbocycles. The standard InChI is InChI=1S/C22H46N2O2/c1-3-5-7-10-14-21(15-11-8-6-4-2)24-20-22(26)16-12-9-13-17-23-18-19-25/h21,23-25H,3-20H2,1-2H3. The Morgan fingerprint density at radius 1 is 0.808 bits per heavy atom. The Kier molecular flexibility index (Phi) is 20.5. The summed E-state index contributed by atoms with van der Waals surface area (Å²) in [5.41, 5.74) is 0. The van der Waals surface area contributed by atoms with Gasteiger partial charge in [0.25, 0.3) is 0 Å². The third kappa shape index (κ3) is 18.3. The van der Waals surface area contributed by atoms with Gasteiger partial charge < -0.3 is 15.7 Å². The van der Waals surface area contributed by atoms with E-state index >= 15 is 0 Å². The van der Waals surface area contributed by atoms with Crippen LogP contribution < -0.4 is 10.6 Å². The molecule has 0 unspecified atom stereocenters. The molecule has 0 saturated heterocycles. The van der Waals surface area contributed by atoms with E-state index < -0.39 is 0 Å². The first-order valence-electron chi connectivity index (χ1n) is 11.3. The normalized spacial score (nSPS) is 11.4. The quantitative estimate of drug-likeness (QED) is 0.258. The highest BCUT2D eigenvalue weighted by Gasteiger charge is 2.10. The maximum Gasteiger partial charge on any atom is 0.146 e. The van der Waals surface area contributed by atoms with Crippen molar-refractivity contribution in [1.82, 2.24) is 10.6 Å². The minimum absolute atomic E-state index is 0.197. The van der Waals surface area contributed by atoms with Crippen LogP contribution in [0.5, 0.6) is 0 Å². The summed E-state index contributed by atoms with van der Waals surface area (Å²) in [6.07, 6.45) is 16.7. The Bertz CT molecular complexity index is 286. The maximum absolute atomic E-state index is 12.1. The molecule has 0 aliphatic carbocycles. The monoisotopic (exact) mass is 370 g/mol. The van der Waals surface area contributed by atoms with E-state index in [1.165, 1.54) is 64.2 Å². The molecule has 0 aliphatic rings. The van der Waals surface area contributed by atoms with Gasteiger partial charge >= 0.3 is 0 Å². The van der Waals surface area contributed by atoms with Crippen molar-refractivity contribution < 1.29 is 9.90 Å². The second kappa shape index (κ2) is 20.9. The van der Waals surface area contributed by atoms with E-state index in [9.17, 15) is 4.79 Å². The highest BCUT2D eigenvalue weighted by molar-refractivity contribution is 5.80. The largest absolute Gasteiger partial charge is 0.395 e. The highest BCUT2D eigenvalue weighted by atomic mass is 16.3. The van der Waals surface area contributed by atoms with Gasteiger partial charge in [0.15, 0.2) is 0 Å². The molecule has 156 valence electrons. The van der Waals surface area contributed by atoms with Crippen LogP contribution in [-0.2, 0) is 4.79 Å². The van der Waals surface area contributed by atoms with E-state index in [0.29, 0.717) is 31.3 Å². The van der Waals surface area contributed by atoms with Gasteiger partial charge in [0.05, 0.1) is 13.2 Å². The number of ketones is 1. The predicted molar refractivity (Wildman–Crippen MR) is 113 cm³/mol. The molecule has 0 spiro atoms. The number of unbranched alkanes of at least 4 members (excludes halogenated alkanes) is 8. The van der Waals surface area contributed by atoms with Crippen molar-refractivity contribution >= 4 is 5.78 Å². The van der Waals surface area contributed by atoms with Crippen molar-refractivity contribution in [2.75, 3.05) is 26.2 Å². The van der Waals surface area contributed by atoms with E-state index in [1.807, 2.05) is 0 Å². The fraction of sp³-hybridized carbons (Fsp3) is 0.955. The summed E-state index contributed by atoms with van der Waals surface area (Å²) < 4.78 is 0. The summed E-state index contributed by atoms with van der Waals surface area (Å²) in [5.74, 6) is 0.362. The molecule has 0 amide bonds. The smallest absolute Gasteiger partial charge is 0.146 e. The molecule has 0 aliphatic heterocycles. The summed E-state index contributed by atoms with van der Waals surface area (Å²) in [7, 11) is 0. The lowest BCUT2D eigenvalue weighted by atomic mass is 10.0. The van der Waals surface area contributed by atoms with E-state index in [1.54, 1.807) is 0 Å². The van der Waals surface area contributed by atoms with Crippen molar-refractivity contribution in [3.05, 3.63) is 0 Å². The fourth-order valence-corrected chi connectivity index (χ4v) is 3.28. The summed E-state index contributed by atoms with van der Waals surface area (Å²) in [6.45, 7) is 6.85. The van der Waals surface area contributed by atoms with Crippen LogP contribution in [-0.4, -0.2) is 43.2 Å². The first-order chi connectivity index (χ1) is 12.7. The minimum atomic E-state index is 0.197. The fourth-order valence-electron chi connectivity index (χ4n) is 3.28. The first-order valence-corrected chi connectivity index (χ1v) is 11.3. The lowest BCUT2D eigenvalue weighted by Gasteiger charge is -2.18. The number of hydrogen-bond donors (Lipinski definition) is 3. The van der Waals surface area contributed by atoms with E-state index in [-0.39, 0.29) is 6.61 Å². The van der Waals surface area contributed by atoms with Crippen molar-refractivity contribution in [1.29, 1.82) is 0 Å². The average molecular weight is 371 g/mol. The van der Waals surface area contributed by atoms with Crippen LogP contribution in [0.2, 0.25) is 0 Å². The SMILES string of the molecule is CCCCCCC(CCCCCC)NCC(=O)CCCCCNCCO. The van der Waals surface area contributed by atoms with Crippen LogP contribution >= 0.6 is 0 Å². The molecule has 26 heavy (non-hydrogen) atoms. The zero-order chi connectivity index (χ0) is 19.3. The molecular formula is C22H46N2O2. The molecule has 0 heterocycles. The number of hydrogen-bond acceptors (Lipinski definition) is 4. The molecule has 0 aromatic rings. The highest BCUT2D eigenvalue weighted by Crippen LogP contribution is 2.12. The molecule has 0 bridgehead atoms. The Labute approximate surface area is 162 Å². The van der Waals surface area contributed by atoms with Gasteiger partial charge in [-0.3, -0.25) is 4.79 Å². The van der Waals surface area contributed by atoms with Gasteiger partial charge in [0, 0.05) is 19.0 Å². The first kappa shape index (κ1) is 25.6. The maximum atomic E-state index is 12.1. The summed E-state index contributed by atoms with van der Waals surface area (Å²) in [6, 6.07) is 0.523. The predicted octanol–water partition coefficient (Wildman–Crippen LogP) is 4.60. The van der Waals surface area contributed by atoms with Crippen molar-refractivity contribution in [2.45, 2.75) is 110 Å². The van der Waals surface area contributed by atoms with Crippen LogP contribution in [0.1, 0.15) is 104 Å². The number of aliphatic hydroxyl groups is 1. The number of carbonyl (C=O) groups excluding carboxylic acids is 1. The summed E-state index contributed by atoms with van der Waals surface area (Å²) >= 11 is 0. The molecule has 4 nitrogen and oxygen atoms in total. The Hall–Kier alpha value is -0.450. The van der Waals surface area contributed by atoms with Crippen molar-refractivity contribution in [3.63, 3.8) is 0 Å². The molecular weight excluding hydrogens is 324 g/mol. The lowest BCUT2D eigenvalue weighted by Crippen LogP contribution is -2.33. The summed E-state index contributed by atoms with van der Waals surface area (Å²) in [5, 5.41) is 15.4. The molecule has 0 atom stereocenters. The summed E-state index contributed by atoms with van der Waals surface area (Å²) in [4.78, 5) is 12.1. The molecule has 0 fully saturated rings. The van der Waals surface area contributed by atoms with Gasteiger partial charge in [-0.2, -0.15) is 0 Å². The minimum Gasteiger partial charge on any atom is -0.395 e.